The van der Waals surface area contributed by atoms with Crippen molar-refractivity contribution in [1.82, 2.24) is 14.5 Å². The highest BCUT2D eigenvalue weighted by molar-refractivity contribution is 6.07. The summed E-state index contributed by atoms with van der Waals surface area (Å²) in [6, 6.07) is 11.2. The van der Waals surface area contributed by atoms with Gasteiger partial charge in [0.05, 0.1) is 30.9 Å². The van der Waals surface area contributed by atoms with Gasteiger partial charge in [-0.15, -0.1) is 0 Å². The number of aromatic amines is 1. The average molecular weight is 431 g/mol. The molecule has 0 radical (unpaired) electrons. The van der Waals surface area contributed by atoms with Gasteiger partial charge in [0, 0.05) is 41.8 Å². The zero-order valence-corrected chi connectivity index (χ0v) is 18.2. The number of aromatic nitrogens is 2. The fraction of sp³-hybridized carbons (Fsp3) is 0.280. The van der Waals surface area contributed by atoms with Crippen molar-refractivity contribution in [1.29, 1.82) is 0 Å². The van der Waals surface area contributed by atoms with Gasteiger partial charge < -0.3 is 19.4 Å². The molecule has 32 heavy (non-hydrogen) atoms. The zero-order chi connectivity index (χ0) is 22.2. The number of amides is 1. The number of nitrogens with zero attached hydrogens (tertiary/aromatic N) is 2. The number of pyridine rings is 1. The van der Waals surface area contributed by atoms with E-state index in [2.05, 4.69) is 4.98 Å². The van der Waals surface area contributed by atoms with Gasteiger partial charge in [-0.2, -0.15) is 0 Å². The molecule has 3 heterocycles. The van der Waals surface area contributed by atoms with E-state index in [0.29, 0.717) is 33.5 Å². The van der Waals surface area contributed by atoms with Crippen molar-refractivity contribution in [2.45, 2.75) is 19.3 Å². The van der Waals surface area contributed by atoms with Crippen LogP contribution in [0, 0.1) is 0 Å². The summed E-state index contributed by atoms with van der Waals surface area (Å²) in [4.78, 5) is 32.3. The molecule has 7 heteroatoms. The number of fused-ring (bicyclic) bond motifs is 2. The molecule has 1 aliphatic rings. The predicted octanol–water partition coefficient (Wildman–Crippen LogP) is 4.12. The lowest BCUT2D eigenvalue weighted by molar-refractivity contribution is 0.0725. The van der Waals surface area contributed by atoms with E-state index in [1.54, 1.807) is 36.2 Å². The number of ether oxygens (including phenoxy) is 2. The van der Waals surface area contributed by atoms with Gasteiger partial charge in [0.1, 0.15) is 0 Å². The van der Waals surface area contributed by atoms with Crippen molar-refractivity contribution < 1.29 is 14.3 Å². The molecule has 1 N–H and O–H groups in total. The first-order chi connectivity index (χ1) is 15.6. The Morgan fingerprint density at radius 1 is 0.938 bits per heavy atom. The van der Waals surface area contributed by atoms with Gasteiger partial charge in [-0.1, -0.05) is 18.2 Å². The molecule has 0 saturated carbocycles. The summed E-state index contributed by atoms with van der Waals surface area (Å²) in [6.07, 6.45) is 6.58. The summed E-state index contributed by atoms with van der Waals surface area (Å²) in [7, 11) is 3.08. The highest BCUT2D eigenvalue weighted by Crippen LogP contribution is 2.33. The molecule has 1 saturated heterocycles. The number of benzene rings is 2. The number of piperidine rings is 1. The summed E-state index contributed by atoms with van der Waals surface area (Å²) in [5.74, 6) is 0.859. The van der Waals surface area contributed by atoms with E-state index in [4.69, 9.17) is 9.47 Å². The van der Waals surface area contributed by atoms with Gasteiger partial charge in [-0.25, -0.2) is 0 Å². The zero-order valence-electron chi connectivity index (χ0n) is 18.2. The third kappa shape index (κ3) is 3.21. The maximum Gasteiger partial charge on any atom is 0.263 e. The van der Waals surface area contributed by atoms with Crippen LogP contribution >= 0.6 is 0 Å². The second-order valence-electron chi connectivity index (χ2n) is 8.04. The van der Waals surface area contributed by atoms with Crippen molar-refractivity contribution in [3.63, 3.8) is 0 Å². The molecule has 5 rings (SSSR count). The molecule has 0 atom stereocenters. The largest absolute Gasteiger partial charge is 0.493 e. The molecular weight excluding hydrogens is 406 g/mol. The van der Waals surface area contributed by atoms with E-state index in [1.165, 1.54) is 7.11 Å². The van der Waals surface area contributed by atoms with Gasteiger partial charge in [0.15, 0.2) is 11.5 Å². The van der Waals surface area contributed by atoms with Gasteiger partial charge in [-0.05, 0) is 37.5 Å². The Balaban J connectivity index is 1.81. The van der Waals surface area contributed by atoms with Crippen LogP contribution in [0.4, 0.5) is 0 Å². The number of carbonyl (C=O) groups excluding carboxylic acids is 1. The number of H-pyrrole nitrogens is 1. The SMILES string of the molecule is COc1cc2c(C(=O)N3CCCCC3)cn(-c3c[nH]c4ccccc34)c(=O)c2cc1OC. The monoisotopic (exact) mass is 431 g/mol. The van der Waals surface area contributed by atoms with Gasteiger partial charge in [-0.3, -0.25) is 14.2 Å². The standard InChI is InChI=1S/C25H25N3O4/c1-31-22-12-17-18(13-23(22)32-2)25(30)28(21-14-26-20-9-5-4-8-16(20)21)15-19(17)24(29)27-10-6-3-7-11-27/h4-5,8-9,12-15,26H,3,6-7,10-11H2,1-2H3. The Labute approximate surface area is 185 Å². The summed E-state index contributed by atoms with van der Waals surface area (Å²) in [5, 5.41) is 1.89. The van der Waals surface area contributed by atoms with Crippen LogP contribution in [-0.4, -0.2) is 47.7 Å². The normalized spacial score (nSPS) is 14.1. The lowest BCUT2D eigenvalue weighted by atomic mass is 10.0. The van der Waals surface area contributed by atoms with Crippen molar-refractivity contribution in [2.24, 2.45) is 0 Å². The Morgan fingerprint density at radius 2 is 1.62 bits per heavy atom. The average Bonchev–Trinajstić information content (AvgIpc) is 3.27. The van der Waals surface area contributed by atoms with Crippen LogP contribution in [0.1, 0.15) is 29.6 Å². The number of hydrogen-bond donors (Lipinski definition) is 1. The van der Waals surface area contributed by atoms with E-state index in [0.717, 1.165) is 43.3 Å². The van der Waals surface area contributed by atoms with Crippen LogP contribution in [0.15, 0.2) is 53.6 Å². The van der Waals surface area contributed by atoms with Crippen LogP contribution in [0.25, 0.3) is 27.4 Å². The van der Waals surface area contributed by atoms with Gasteiger partial charge in [0.2, 0.25) is 0 Å². The fourth-order valence-electron chi connectivity index (χ4n) is 4.54. The second kappa shape index (κ2) is 8.07. The molecule has 0 spiro atoms. The minimum absolute atomic E-state index is 0.0736. The Morgan fingerprint density at radius 3 is 2.34 bits per heavy atom. The van der Waals surface area contributed by atoms with Crippen LogP contribution in [0.5, 0.6) is 11.5 Å². The topological polar surface area (TPSA) is 76.6 Å². The fourth-order valence-corrected chi connectivity index (χ4v) is 4.54. The van der Waals surface area contributed by atoms with E-state index >= 15 is 0 Å². The number of rotatable bonds is 4. The van der Waals surface area contributed by atoms with Crippen LogP contribution in [0.2, 0.25) is 0 Å². The summed E-state index contributed by atoms with van der Waals surface area (Å²) in [6.45, 7) is 1.44. The highest BCUT2D eigenvalue weighted by Gasteiger charge is 2.24. The minimum atomic E-state index is -0.221. The smallest absolute Gasteiger partial charge is 0.263 e. The number of likely N-dealkylation sites (tertiary alicyclic amines) is 1. The quantitative estimate of drug-likeness (QED) is 0.528. The predicted molar refractivity (Wildman–Crippen MR) is 124 cm³/mol. The number of hydrogen-bond acceptors (Lipinski definition) is 4. The molecule has 2 aromatic heterocycles. The first-order valence-corrected chi connectivity index (χ1v) is 10.8. The highest BCUT2D eigenvalue weighted by atomic mass is 16.5. The Hall–Kier alpha value is -3.74. The van der Waals surface area contributed by atoms with E-state index in [1.807, 2.05) is 29.2 Å². The summed E-state index contributed by atoms with van der Waals surface area (Å²) < 4.78 is 12.5. The molecule has 1 fully saturated rings. The molecule has 1 amide bonds. The molecular formula is C25H25N3O4. The molecule has 4 aromatic rings. The Bertz CT molecular complexity index is 1380. The van der Waals surface area contributed by atoms with Gasteiger partial charge >= 0.3 is 0 Å². The maximum atomic E-state index is 13.6. The first kappa shape index (κ1) is 20.2. The van der Waals surface area contributed by atoms with Crippen molar-refractivity contribution in [3.8, 4) is 17.2 Å². The van der Waals surface area contributed by atoms with Crippen LogP contribution in [0.3, 0.4) is 0 Å². The molecule has 164 valence electrons. The lowest BCUT2D eigenvalue weighted by Gasteiger charge is -2.27. The number of methoxy groups -OCH3 is 2. The van der Waals surface area contributed by atoms with Crippen LogP contribution < -0.4 is 15.0 Å². The molecule has 0 bridgehead atoms. The molecule has 0 aliphatic carbocycles. The molecule has 0 unspecified atom stereocenters. The molecule has 1 aliphatic heterocycles. The summed E-state index contributed by atoms with van der Waals surface area (Å²) in [5.41, 5.74) is 1.88. The lowest BCUT2D eigenvalue weighted by Crippen LogP contribution is -2.36. The third-order valence-corrected chi connectivity index (χ3v) is 6.22. The third-order valence-electron chi connectivity index (χ3n) is 6.22. The number of para-hydroxylation sites is 1. The van der Waals surface area contributed by atoms with Crippen molar-refractivity contribution in [3.05, 3.63) is 64.7 Å². The molecule has 7 nitrogen and oxygen atoms in total. The Kier molecular flexibility index (Phi) is 5.09. The van der Waals surface area contributed by atoms with Crippen LogP contribution in [-0.2, 0) is 0 Å². The van der Waals surface area contributed by atoms with Crippen molar-refractivity contribution >= 4 is 27.6 Å². The van der Waals surface area contributed by atoms with Gasteiger partial charge in [0.25, 0.3) is 11.5 Å². The van der Waals surface area contributed by atoms with Crippen molar-refractivity contribution in [2.75, 3.05) is 27.3 Å². The van der Waals surface area contributed by atoms with E-state index in [-0.39, 0.29) is 11.5 Å². The number of carbonyl (C=O) groups is 1. The van der Waals surface area contributed by atoms with E-state index in [9.17, 15) is 9.59 Å². The van der Waals surface area contributed by atoms with E-state index < -0.39 is 0 Å². The minimum Gasteiger partial charge on any atom is -0.493 e. The maximum absolute atomic E-state index is 13.6. The summed E-state index contributed by atoms with van der Waals surface area (Å²) >= 11 is 0. The number of nitrogens with one attached hydrogen (secondary N) is 1. The second-order valence-corrected chi connectivity index (χ2v) is 8.04. The first-order valence-electron chi connectivity index (χ1n) is 10.8. The molecule has 2 aromatic carbocycles.